The first-order valence-corrected chi connectivity index (χ1v) is 5.41. The quantitative estimate of drug-likeness (QED) is 0.298. The molecule has 0 aliphatic carbocycles. The molecule has 0 radical (unpaired) electrons. The fourth-order valence-corrected chi connectivity index (χ4v) is 1.48. The second-order valence-corrected chi connectivity index (χ2v) is 3.56. The Labute approximate surface area is 109 Å². The van der Waals surface area contributed by atoms with Crippen LogP contribution in [0.25, 0.3) is 0 Å². The molecule has 0 amide bonds. The molecule has 2 rings (SSSR count). The van der Waals surface area contributed by atoms with Crippen molar-refractivity contribution in [3.05, 3.63) is 47.9 Å². The largest absolute Gasteiger partial charge is 0.493 e. The lowest BCUT2D eigenvalue weighted by Gasteiger charge is -2.08. The molecule has 0 aliphatic heterocycles. The minimum Gasteiger partial charge on any atom is -0.493 e. The first kappa shape index (κ1) is 12.7. The molecule has 2 N–H and O–H groups in total. The number of esters is 1. The molecule has 2 aromatic rings. The molecule has 1 heterocycles. The number of furan rings is 1. The van der Waals surface area contributed by atoms with Crippen LogP contribution in [0.3, 0.4) is 0 Å². The highest BCUT2D eigenvalue weighted by Gasteiger charge is 2.14. The number of nitrogens with two attached hydrogens (primary N) is 1. The van der Waals surface area contributed by atoms with Gasteiger partial charge in [-0.15, -0.1) is 0 Å². The molecule has 1 aromatic carbocycles. The van der Waals surface area contributed by atoms with Crippen LogP contribution in [0.15, 0.2) is 46.1 Å². The van der Waals surface area contributed by atoms with Gasteiger partial charge in [-0.1, -0.05) is 0 Å². The summed E-state index contributed by atoms with van der Waals surface area (Å²) in [6.45, 7) is 0. The molecular weight excluding hydrogens is 248 g/mol. The molecular formula is C13H12N2O4. The number of ether oxygens (including phenoxy) is 2. The monoisotopic (exact) mass is 260 g/mol. The third kappa shape index (κ3) is 2.92. The zero-order chi connectivity index (χ0) is 13.7. The van der Waals surface area contributed by atoms with Crippen molar-refractivity contribution in [2.75, 3.05) is 7.11 Å². The lowest BCUT2D eigenvalue weighted by Crippen LogP contribution is -2.08. The molecule has 0 spiro atoms. The second kappa shape index (κ2) is 5.72. The minimum absolute atomic E-state index is 0.120. The Morgan fingerprint density at radius 3 is 2.84 bits per heavy atom. The Balaban J connectivity index is 2.22. The summed E-state index contributed by atoms with van der Waals surface area (Å²) in [7, 11) is 1.48. The van der Waals surface area contributed by atoms with E-state index in [0.717, 1.165) is 5.56 Å². The van der Waals surface area contributed by atoms with E-state index in [4.69, 9.17) is 19.7 Å². The number of hydrazone groups is 1. The van der Waals surface area contributed by atoms with Gasteiger partial charge in [0.05, 0.1) is 19.6 Å². The summed E-state index contributed by atoms with van der Waals surface area (Å²) in [4.78, 5) is 11.7. The number of rotatable bonds is 4. The van der Waals surface area contributed by atoms with Crippen LogP contribution in [0.1, 0.15) is 16.1 Å². The highest BCUT2D eigenvalue weighted by Crippen LogP contribution is 2.28. The Bertz CT molecular complexity index is 591. The highest BCUT2D eigenvalue weighted by molar-refractivity contribution is 5.88. The second-order valence-electron chi connectivity index (χ2n) is 3.56. The predicted octanol–water partition coefficient (Wildman–Crippen LogP) is 1.80. The number of methoxy groups -OCH3 is 1. The molecule has 6 heteroatoms. The Morgan fingerprint density at radius 2 is 2.21 bits per heavy atom. The molecule has 0 fully saturated rings. The van der Waals surface area contributed by atoms with E-state index in [1.54, 1.807) is 24.3 Å². The number of benzene rings is 1. The van der Waals surface area contributed by atoms with Crippen LogP contribution in [0, 0.1) is 0 Å². The van der Waals surface area contributed by atoms with E-state index in [2.05, 4.69) is 5.10 Å². The van der Waals surface area contributed by atoms with E-state index in [9.17, 15) is 4.79 Å². The summed E-state index contributed by atoms with van der Waals surface area (Å²) < 4.78 is 15.3. The van der Waals surface area contributed by atoms with E-state index < -0.39 is 5.97 Å². The van der Waals surface area contributed by atoms with Gasteiger partial charge < -0.3 is 19.7 Å². The Morgan fingerprint density at radius 1 is 1.37 bits per heavy atom. The van der Waals surface area contributed by atoms with Gasteiger partial charge in [0, 0.05) is 0 Å². The topological polar surface area (TPSA) is 87.0 Å². The molecule has 98 valence electrons. The minimum atomic E-state index is -0.594. The maximum atomic E-state index is 11.7. The molecule has 0 atom stereocenters. The lowest BCUT2D eigenvalue weighted by molar-refractivity contribution is 0.0696. The summed E-state index contributed by atoms with van der Waals surface area (Å²) in [5, 5.41) is 3.41. The molecule has 19 heavy (non-hydrogen) atoms. The van der Waals surface area contributed by atoms with Gasteiger partial charge in [0.1, 0.15) is 0 Å². The average molecular weight is 260 g/mol. The van der Waals surface area contributed by atoms with Gasteiger partial charge in [-0.3, -0.25) is 0 Å². The third-order valence-corrected chi connectivity index (χ3v) is 2.34. The fraction of sp³-hybridized carbons (Fsp3) is 0.0769. The van der Waals surface area contributed by atoms with Crippen molar-refractivity contribution in [2.24, 2.45) is 10.9 Å². The molecule has 0 saturated carbocycles. The van der Waals surface area contributed by atoms with Gasteiger partial charge in [0.25, 0.3) is 0 Å². The lowest BCUT2D eigenvalue weighted by atomic mass is 10.2. The number of carbonyl (C=O) groups excluding carboxylic acids is 1. The van der Waals surface area contributed by atoms with Crippen LogP contribution in [0.2, 0.25) is 0 Å². The van der Waals surface area contributed by atoms with Gasteiger partial charge in [-0.25, -0.2) is 4.79 Å². The van der Waals surface area contributed by atoms with E-state index in [0.29, 0.717) is 5.75 Å². The molecule has 0 aliphatic rings. The van der Waals surface area contributed by atoms with Crippen molar-refractivity contribution >= 4 is 12.2 Å². The average Bonchev–Trinajstić information content (AvgIpc) is 2.94. The SMILES string of the molecule is COc1cc(/C=N\N)ccc1OC(=O)c1ccco1. The first-order valence-electron chi connectivity index (χ1n) is 5.41. The van der Waals surface area contributed by atoms with Crippen LogP contribution in [0.5, 0.6) is 11.5 Å². The van der Waals surface area contributed by atoms with Gasteiger partial charge in [-0.05, 0) is 35.9 Å². The zero-order valence-electron chi connectivity index (χ0n) is 10.2. The van der Waals surface area contributed by atoms with Gasteiger partial charge in [0.15, 0.2) is 11.5 Å². The summed E-state index contributed by atoms with van der Waals surface area (Å²) in [5.41, 5.74) is 0.733. The summed E-state index contributed by atoms with van der Waals surface area (Å²) >= 11 is 0. The standard InChI is InChI=1S/C13H12N2O4/c1-17-12-7-9(8-15-14)4-5-10(12)19-13(16)11-3-2-6-18-11/h2-8H,14H2,1H3/b15-8-. The van der Waals surface area contributed by atoms with E-state index in [1.807, 2.05) is 0 Å². The fourth-order valence-electron chi connectivity index (χ4n) is 1.48. The van der Waals surface area contributed by atoms with Crippen molar-refractivity contribution in [3.8, 4) is 11.5 Å². The molecule has 0 bridgehead atoms. The van der Waals surface area contributed by atoms with Crippen LogP contribution in [-0.4, -0.2) is 19.3 Å². The van der Waals surface area contributed by atoms with Gasteiger partial charge in [-0.2, -0.15) is 5.10 Å². The predicted molar refractivity (Wildman–Crippen MR) is 68.4 cm³/mol. The molecule has 0 unspecified atom stereocenters. The number of nitrogens with zero attached hydrogens (tertiary/aromatic N) is 1. The van der Waals surface area contributed by atoms with Crippen molar-refractivity contribution in [3.63, 3.8) is 0 Å². The molecule has 1 aromatic heterocycles. The van der Waals surface area contributed by atoms with Crippen LogP contribution < -0.4 is 15.3 Å². The summed E-state index contributed by atoms with van der Waals surface area (Å²) in [6.07, 6.45) is 2.86. The molecule has 0 saturated heterocycles. The molecule has 6 nitrogen and oxygen atoms in total. The van der Waals surface area contributed by atoms with Crippen molar-refractivity contribution in [1.29, 1.82) is 0 Å². The maximum absolute atomic E-state index is 11.7. The van der Waals surface area contributed by atoms with Crippen LogP contribution in [0.4, 0.5) is 0 Å². The van der Waals surface area contributed by atoms with Crippen molar-refractivity contribution < 1.29 is 18.7 Å². The number of hydrogen-bond acceptors (Lipinski definition) is 6. The van der Waals surface area contributed by atoms with Crippen molar-refractivity contribution in [2.45, 2.75) is 0 Å². The van der Waals surface area contributed by atoms with Gasteiger partial charge >= 0.3 is 5.97 Å². The Hall–Kier alpha value is -2.76. The third-order valence-electron chi connectivity index (χ3n) is 2.34. The van der Waals surface area contributed by atoms with E-state index in [-0.39, 0.29) is 11.5 Å². The van der Waals surface area contributed by atoms with E-state index in [1.165, 1.54) is 25.7 Å². The first-order chi connectivity index (χ1) is 9.24. The summed E-state index contributed by atoms with van der Waals surface area (Å²) in [5.74, 6) is 5.28. The summed E-state index contributed by atoms with van der Waals surface area (Å²) in [6, 6.07) is 8.07. The normalized spacial score (nSPS) is 10.6. The van der Waals surface area contributed by atoms with Crippen LogP contribution >= 0.6 is 0 Å². The number of hydrogen-bond donors (Lipinski definition) is 1. The smallest absolute Gasteiger partial charge is 0.379 e. The zero-order valence-corrected chi connectivity index (χ0v) is 10.2. The Kier molecular flexibility index (Phi) is 3.82. The van der Waals surface area contributed by atoms with Crippen LogP contribution in [-0.2, 0) is 0 Å². The maximum Gasteiger partial charge on any atom is 0.379 e. The van der Waals surface area contributed by atoms with Crippen molar-refractivity contribution in [1.82, 2.24) is 0 Å². The van der Waals surface area contributed by atoms with Gasteiger partial charge in [0.2, 0.25) is 5.76 Å². The number of carbonyl (C=O) groups is 1. The highest BCUT2D eigenvalue weighted by atomic mass is 16.6. The van der Waals surface area contributed by atoms with E-state index >= 15 is 0 Å².